The van der Waals surface area contributed by atoms with Gasteiger partial charge in [-0.05, 0) is 24.6 Å². The first kappa shape index (κ1) is 12.5. The van der Waals surface area contributed by atoms with Gasteiger partial charge in [0.2, 0.25) is 5.91 Å². The molecule has 1 unspecified atom stereocenters. The Morgan fingerprint density at radius 3 is 2.83 bits per heavy atom. The Hall–Kier alpha value is -1.95. The lowest BCUT2D eigenvalue weighted by atomic mass is 10.1. The number of halogens is 1. The van der Waals surface area contributed by atoms with Gasteiger partial charge in [-0.2, -0.15) is 0 Å². The molecule has 0 radical (unpaired) electrons. The molecule has 0 spiro atoms. The van der Waals surface area contributed by atoms with Crippen LogP contribution in [0.5, 0.6) is 0 Å². The van der Waals surface area contributed by atoms with Crippen LogP contribution in [0.4, 0.5) is 10.1 Å². The molecule has 18 heavy (non-hydrogen) atoms. The number of anilines is 1. The summed E-state index contributed by atoms with van der Waals surface area (Å²) in [4.78, 5) is 23.8. The number of benzene rings is 1. The van der Waals surface area contributed by atoms with Crippen molar-refractivity contribution < 1.29 is 19.1 Å². The smallest absolute Gasteiger partial charge is 0.338 e. The van der Waals surface area contributed by atoms with Crippen LogP contribution in [0.1, 0.15) is 16.8 Å². The normalized spacial score (nSPS) is 19.3. The molecule has 1 atom stereocenters. The molecule has 3 N–H and O–H groups in total. The van der Waals surface area contributed by atoms with E-state index in [9.17, 15) is 14.0 Å². The SMILES string of the molecule is NCC1CC(=O)N(c2cccc(C(=O)O)c2F)C1. The number of amides is 1. The van der Waals surface area contributed by atoms with Gasteiger partial charge in [-0.3, -0.25) is 4.79 Å². The molecule has 2 rings (SSSR count). The van der Waals surface area contributed by atoms with E-state index in [1.165, 1.54) is 23.1 Å². The molecular formula is C12H13FN2O3. The predicted octanol–water partition coefficient (Wildman–Crippen LogP) is 0.835. The average Bonchev–Trinajstić information content (AvgIpc) is 2.70. The standard InChI is InChI=1S/C12H13FN2O3/c13-11-8(12(17)18)2-1-3-9(11)15-6-7(5-14)4-10(15)16/h1-3,7H,4-6,14H2,(H,17,18). The summed E-state index contributed by atoms with van der Waals surface area (Å²) < 4.78 is 14.0. The largest absolute Gasteiger partial charge is 0.478 e. The molecule has 5 nitrogen and oxygen atoms in total. The molecule has 1 saturated heterocycles. The molecule has 96 valence electrons. The Labute approximate surface area is 103 Å². The number of carboxylic acids is 1. The second-order valence-corrected chi connectivity index (χ2v) is 4.25. The van der Waals surface area contributed by atoms with Crippen LogP contribution in [-0.4, -0.2) is 30.1 Å². The van der Waals surface area contributed by atoms with E-state index < -0.39 is 17.3 Å². The van der Waals surface area contributed by atoms with Gasteiger partial charge in [0.25, 0.3) is 0 Å². The highest BCUT2D eigenvalue weighted by Gasteiger charge is 2.32. The van der Waals surface area contributed by atoms with Gasteiger partial charge in [-0.25, -0.2) is 9.18 Å². The van der Waals surface area contributed by atoms with Crippen LogP contribution in [0, 0.1) is 11.7 Å². The lowest BCUT2D eigenvalue weighted by molar-refractivity contribution is -0.117. The molecule has 1 aromatic rings. The second-order valence-electron chi connectivity index (χ2n) is 4.25. The molecule has 1 fully saturated rings. The van der Waals surface area contributed by atoms with Gasteiger partial charge in [0, 0.05) is 13.0 Å². The van der Waals surface area contributed by atoms with Crippen LogP contribution in [0.25, 0.3) is 0 Å². The van der Waals surface area contributed by atoms with Crippen molar-refractivity contribution in [3.8, 4) is 0 Å². The highest BCUT2D eigenvalue weighted by atomic mass is 19.1. The maximum atomic E-state index is 14.0. The third kappa shape index (κ3) is 2.06. The summed E-state index contributed by atoms with van der Waals surface area (Å²) in [6.45, 7) is 0.678. The Balaban J connectivity index is 2.37. The van der Waals surface area contributed by atoms with E-state index in [1.807, 2.05) is 0 Å². The van der Waals surface area contributed by atoms with Crippen molar-refractivity contribution in [2.24, 2.45) is 11.7 Å². The quantitative estimate of drug-likeness (QED) is 0.834. The van der Waals surface area contributed by atoms with Crippen LogP contribution in [0.15, 0.2) is 18.2 Å². The van der Waals surface area contributed by atoms with E-state index in [2.05, 4.69) is 0 Å². The molecule has 1 amide bonds. The van der Waals surface area contributed by atoms with E-state index in [0.29, 0.717) is 13.1 Å². The van der Waals surface area contributed by atoms with Crippen LogP contribution in [0.3, 0.4) is 0 Å². The molecule has 1 aliphatic heterocycles. The summed E-state index contributed by atoms with van der Waals surface area (Å²) in [5.41, 5.74) is 5.06. The van der Waals surface area contributed by atoms with Gasteiger partial charge < -0.3 is 15.7 Å². The van der Waals surface area contributed by atoms with Crippen molar-refractivity contribution >= 4 is 17.6 Å². The monoisotopic (exact) mass is 252 g/mol. The molecule has 6 heteroatoms. The average molecular weight is 252 g/mol. The number of carboxylic acid groups (broad SMARTS) is 1. The minimum Gasteiger partial charge on any atom is -0.478 e. The molecular weight excluding hydrogens is 239 g/mol. The Morgan fingerprint density at radius 1 is 1.56 bits per heavy atom. The van der Waals surface area contributed by atoms with Crippen LogP contribution in [-0.2, 0) is 4.79 Å². The lowest BCUT2D eigenvalue weighted by Gasteiger charge is -2.18. The molecule has 1 aliphatic rings. The Morgan fingerprint density at radius 2 is 2.28 bits per heavy atom. The first-order chi connectivity index (χ1) is 8.54. The number of rotatable bonds is 3. The maximum Gasteiger partial charge on any atom is 0.338 e. The molecule has 1 heterocycles. The summed E-state index contributed by atoms with van der Waals surface area (Å²) in [6.07, 6.45) is 0.271. The zero-order valence-corrected chi connectivity index (χ0v) is 9.60. The highest BCUT2D eigenvalue weighted by molar-refractivity contribution is 5.97. The first-order valence-electron chi connectivity index (χ1n) is 5.56. The van der Waals surface area contributed by atoms with E-state index in [-0.39, 0.29) is 23.9 Å². The summed E-state index contributed by atoms with van der Waals surface area (Å²) >= 11 is 0. The van der Waals surface area contributed by atoms with Crippen molar-refractivity contribution in [2.75, 3.05) is 18.0 Å². The second kappa shape index (κ2) is 4.73. The van der Waals surface area contributed by atoms with Gasteiger partial charge in [-0.15, -0.1) is 0 Å². The van der Waals surface area contributed by atoms with Crippen LogP contribution in [0.2, 0.25) is 0 Å². The Kier molecular flexibility index (Phi) is 3.29. The highest BCUT2D eigenvalue weighted by Crippen LogP contribution is 2.28. The third-order valence-electron chi connectivity index (χ3n) is 3.04. The third-order valence-corrected chi connectivity index (χ3v) is 3.04. The number of aromatic carboxylic acids is 1. The first-order valence-corrected chi connectivity index (χ1v) is 5.56. The van der Waals surface area contributed by atoms with Gasteiger partial charge in [0.05, 0.1) is 11.3 Å². The molecule has 0 bridgehead atoms. The number of hydrogen-bond acceptors (Lipinski definition) is 3. The van der Waals surface area contributed by atoms with E-state index in [0.717, 1.165) is 0 Å². The summed E-state index contributed by atoms with van der Waals surface area (Å²) in [7, 11) is 0. The zero-order chi connectivity index (χ0) is 13.3. The molecule has 1 aromatic carbocycles. The number of carbonyl (C=O) groups excluding carboxylic acids is 1. The fraction of sp³-hybridized carbons (Fsp3) is 0.333. The predicted molar refractivity (Wildman–Crippen MR) is 62.9 cm³/mol. The van der Waals surface area contributed by atoms with Crippen molar-refractivity contribution in [1.29, 1.82) is 0 Å². The van der Waals surface area contributed by atoms with Crippen molar-refractivity contribution in [1.82, 2.24) is 0 Å². The lowest BCUT2D eigenvalue weighted by Crippen LogP contribution is -2.27. The fourth-order valence-corrected chi connectivity index (χ4v) is 2.07. The van der Waals surface area contributed by atoms with Crippen molar-refractivity contribution in [3.05, 3.63) is 29.6 Å². The van der Waals surface area contributed by atoms with Gasteiger partial charge >= 0.3 is 5.97 Å². The molecule has 0 aliphatic carbocycles. The minimum absolute atomic E-state index is 0.00890. The van der Waals surface area contributed by atoms with E-state index in [1.54, 1.807) is 0 Å². The van der Waals surface area contributed by atoms with E-state index >= 15 is 0 Å². The van der Waals surface area contributed by atoms with Crippen LogP contribution < -0.4 is 10.6 Å². The topological polar surface area (TPSA) is 83.6 Å². The summed E-state index contributed by atoms with van der Waals surface area (Å²) in [5.74, 6) is -2.47. The number of nitrogens with zero attached hydrogens (tertiary/aromatic N) is 1. The summed E-state index contributed by atoms with van der Waals surface area (Å²) in [6, 6.07) is 3.99. The number of hydrogen-bond donors (Lipinski definition) is 2. The Bertz CT molecular complexity index is 504. The zero-order valence-electron chi connectivity index (χ0n) is 9.60. The van der Waals surface area contributed by atoms with Crippen molar-refractivity contribution in [2.45, 2.75) is 6.42 Å². The van der Waals surface area contributed by atoms with Gasteiger partial charge in [0.15, 0.2) is 5.82 Å². The maximum absolute atomic E-state index is 14.0. The van der Waals surface area contributed by atoms with Crippen molar-refractivity contribution in [3.63, 3.8) is 0 Å². The number of carbonyl (C=O) groups is 2. The van der Waals surface area contributed by atoms with E-state index in [4.69, 9.17) is 10.8 Å². The fourth-order valence-electron chi connectivity index (χ4n) is 2.07. The van der Waals surface area contributed by atoms with Gasteiger partial charge in [0.1, 0.15) is 0 Å². The van der Waals surface area contributed by atoms with Gasteiger partial charge in [-0.1, -0.05) is 6.07 Å². The molecule has 0 aromatic heterocycles. The summed E-state index contributed by atoms with van der Waals surface area (Å²) in [5, 5.41) is 8.83. The number of nitrogens with two attached hydrogens (primary N) is 1. The van der Waals surface area contributed by atoms with Crippen LogP contribution >= 0.6 is 0 Å². The minimum atomic E-state index is -1.35. The molecule has 0 saturated carbocycles.